The number of benzene rings is 1. The second-order valence-electron chi connectivity index (χ2n) is 9.03. The van der Waals surface area contributed by atoms with Crippen molar-refractivity contribution in [2.24, 2.45) is 11.8 Å². The lowest BCUT2D eigenvalue weighted by Gasteiger charge is -2.21. The molecule has 2 fully saturated rings. The first kappa shape index (κ1) is 21.9. The van der Waals surface area contributed by atoms with Crippen LogP contribution in [0.2, 0.25) is 0 Å². The molecular formula is C25H38N2O2. The molecule has 0 atom stereocenters. The van der Waals surface area contributed by atoms with Gasteiger partial charge in [-0.1, -0.05) is 64.2 Å². The summed E-state index contributed by atoms with van der Waals surface area (Å²) in [5, 5.41) is 6.05. The molecule has 2 aliphatic carbocycles. The third-order valence-corrected chi connectivity index (χ3v) is 6.77. The third-order valence-electron chi connectivity index (χ3n) is 6.77. The Morgan fingerprint density at radius 3 is 1.62 bits per heavy atom. The van der Waals surface area contributed by atoms with Crippen molar-refractivity contribution in [3.63, 3.8) is 0 Å². The Kier molecular flexibility index (Phi) is 9.04. The molecule has 0 bridgehead atoms. The standard InChI is InChI=1S/C25H38N2O2/c28-24(26-18-7-12-20-8-3-1-4-9-20)22-13-15-23(16-14-22)25(29)27-19-17-21-10-5-2-6-11-21/h13-16,20-21H,1-12,17-19H2,(H,26,28)(H,27,29). The summed E-state index contributed by atoms with van der Waals surface area (Å²) in [6, 6.07) is 7.03. The maximum Gasteiger partial charge on any atom is 0.251 e. The molecule has 2 saturated carbocycles. The van der Waals surface area contributed by atoms with Crippen LogP contribution in [0.1, 0.15) is 104 Å². The van der Waals surface area contributed by atoms with E-state index < -0.39 is 0 Å². The van der Waals surface area contributed by atoms with Crippen molar-refractivity contribution in [3.8, 4) is 0 Å². The molecule has 160 valence electrons. The summed E-state index contributed by atoms with van der Waals surface area (Å²) >= 11 is 0. The van der Waals surface area contributed by atoms with Crippen molar-refractivity contribution in [1.29, 1.82) is 0 Å². The maximum absolute atomic E-state index is 12.3. The van der Waals surface area contributed by atoms with Gasteiger partial charge in [0.15, 0.2) is 0 Å². The molecule has 0 radical (unpaired) electrons. The van der Waals surface area contributed by atoms with Gasteiger partial charge >= 0.3 is 0 Å². The van der Waals surface area contributed by atoms with Crippen molar-refractivity contribution < 1.29 is 9.59 Å². The van der Waals surface area contributed by atoms with E-state index in [0.29, 0.717) is 11.1 Å². The fourth-order valence-corrected chi connectivity index (χ4v) is 4.91. The maximum atomic E-state index is 12.3. The van der Waals surface area contributed by atoms with Gasteiger partial charge in [0.2, 0.25) is 0 Å². The van der Waals surface area contributed by atoms with Crippen molar-refractivity contribution in [3.05, 3.63) is 35.4 Å². The summed E-state index contributed by atoms with van der Waals surface area (Å²) in [6.45, 7) is 1.48. The van der Waals surface area contributed by atoms with Crippen molar-refractivity contribution in [1.82, 2.24) is 10.6 Å². The molecular weight excluding hydrogens is 360 g/mol. The summed E-state index contributed by atoms with van der Waals surface area (Å²) in [6.07, 6.45) is 16.9. The third kappa shape index (κ3) is 7.49. The molecule has 4 heteroatoms. The number of rotatable bonds is 9. The van der Waals surface area contributed by atoms with E-state index in [4.69, 9.17) is 0 Å². The van der Waals surface area contributed by atoms with Gasteiger partial charge < -0.3 is 10.6 Å². The van der Waals surface area contributed by atoms with E-state index in [1.807, 2.05) is 0 Å². The van der Waals surface area contributed by atoms with Crippen LogP contribution in [0.3, 0.4) is 0 Å². The molecule has 2 aliphatic rings. The second-order valence-corrected chi connectivity index (χ2v) is 9.03. The van der Waals surface area contributed by atoms with Gasteiger partial charge in [0.1, 0.15) is 0 Å². The Hall–Kier alpha value is -1.84. The van der Waals surface area contributed by atoms with Crippen LogP contribution < -0.4 is 10.6 Å². The molecule has 4 nitrogen and oxygen atoms in total. The van der Waals surface area contributed by atoms with Gasteiger partial charge in [-0.3, -0.25) is 9.59 Å². The van der Waals surface area contributed by atoms with Crippen LogP contribution in [0, 0.1) is 11.8 Å². The Bertz CT molecular complexity index is 629. The van der Waals surface area contributed by atoms with Gasteiger partial charge in [0, 0.05) is 24.2 Å². The Morgan fingerprint density at radius 1 is 0.655 bits per heavy atom. The lowest BCUT2D eigenvalue weighted by Crippen LogP contribution is -2.27. The number of nitrogens with one attached hydrogen (secondary N) is 2. The molecule has 0 aliphatic heterocycles. The fraction of sp³-hybridized carbons (Fsp3) is 0.680. The van der Waals surface area contributed by atoms with Crippen molar-refractivity contribution in [2.75, 3.05) is 13.1 Å². The highest BCUT2D eigenvalue weighted by Gasteiger charge is 2.15. The van der Waals surface area contributed by atoms with E-state index in [1.165, 1.54) is 70.6 Å². The average molecular weight is 399 g/mol. The summed E-state index contributed by atoms with van der Waals surface area (Å²) < 4.78 is 0. The molecule has 0 heterocycles. The van der Waals surface area contributed by atoms with Crippen LogP contribution in [0.5, 0.6) is 0 Å². The molecule has 0 unspecified atom stereocenters. The normalized spacial score (nSPS) is 18.3. The van der Waals surface area contributed by atoms with Crippen LogP contribution in [0.15, 0.2) is 24.3 Å². The number of hydrogen-bond acceptors (Lipinski definition) is 2. The van der Waals surface area contributed by atoms with Gasteiger partial charge in [0.25, 0.3) is 11.8 Å². The highest BCUT2D eigenvalue weighted by molar-refractivity contribution is 5.97. The number of carbonyl (C=O) groups is 2. The zero-order chi connectivity index (χ0) is 20.3. The Morgan fingerprint density at radius 2 is 1.10 bits per heavy atom. The summed E-state index contributed by atoms with van der Waals surface area (Å²) in [5.74, 6) is 1.54. The largest absolute Gasteiger partial charge is 0.352 e. The van der Waals surface area contributed by atoms with Gasteiger partial charge in [-0.05, 0) is 55.4 Å². The van der Waals surface area contributed by atoms with E-state index in [9.17, 15) is 9.59 Å². The first-order valence-electron chi connectivity index (χ1n) is 11.9. The van der Waals surface area contributed by atoms with E-state index in [2.05, 4.69) is 10.6 Å². The topological polar surface area (TPSA) is 58.2 Å². The molecule has 0 saturated heterocycles. The molecule has 0 spiro atoms. The number of hydrogen-bond donors (Lipinski definition) is 2. The lowest BCUT2D eigenvalue weighted by molar-refractivity contribution is 0.0939. The lowest BCUT2D eigenvalue weighted by atomic mass is 9.86. The quantitative estimate of drug-likeness (QED) is 0.541. The highest BCUT2D eigenvalue weighted by Crippen LogP contribution is 2.27. The minimum atomic E-state index is -0.0436. The molecule has 29 heavy (non-hydrogen) atoms. The zero-order valence-electron chi connectivity index (χ0n) is 17.9. The molecule has 2 N–H and O–H groups in total. The van der Waals surface area contributed by atoms with Crippen LogP contribution >= 0.6 is 0 Å². The van der Waals surface area contributed by atoms with E-state index in [-0.39, 0.29) is 11.8 Å². The number of carbonyl (C=O) groups excluding carboxylic acids is 2. The summed E-state index contributed by atoms with van der Waals surface area (Å²) in [4.78, 5) is 24.6. The smallest absolute Gasteiger partial charge is 0.251 e. The predicted octanol–water partition coefficient (Wildman–Crippen LogP) is 5.48. The molecule has 2 amide bonds. The fourth-order valence-electron chi connectivity index (χ4n) is 4.91. The first-order valence-corrected chi connectivity index (χ1v) is 11.9. The summed E-state index contributed by atoms with van der Waals surface area (Å²) in [7, 11) is 0. The highest BCUT2D eigenvalue weighted by atomic mass is 16.2. The number of amides is 2. The second kappa shape index (κ2) is 12.0. The van der Waals surface area contributed by atoms with Crippen LogP contribution in [0.25, 0.3) is 0 Å². The first-order chi connectivity index (χ1) is 14.2. The van der Waals surface area contributed by atoms with Crippen LogP contribution in [-0.2, 0) is 0 Å². The van der Waals surface area contributed by atoms with Crippen LogP contribution in [-0.4, -0.2) is 24.9 Å². The van der Waals surface area contributed by atoms with E-state index >= 15 is 0 Å². The van der Waals surface area contributed by atoms with E-state index in [1.54, 1.807) is 24.3 Å². The van der Waals surface area contributed by atoms with Gasteiger partial charge in [-0.15, -0.1) is 0 Å². The Labute approximate surface area is 176 Å². The minimum absolute atomic E-state index is 0.0414. The molecule has 0 aromatic heterocycles. The SMILES string of the molecule is O=C(NCCCC1CCCCC1)c1ccc(C(=O)NCCC2CCCCC2)cc1. The average Bonchev–Trinajstić information content (AvgIpc) is 2.78. The Balaban J connectivity index is 1.33. The monoisotopic (exact) mass is 398 g/mol. The van der Waals surface area contributed by atoms with Crippen molar-refractivity contribution in [2.45, 2.75) is 83.5 Å². The summed E-state index contributed by atoms with van der Waals surface area (Å²) in [5.41, 5.74) is 1.25. The van der Waals surface area contributed by atoms with Gasteiger partial charge in [-0.2, -0.15) is 0 Å². The van der Waals surface area contributed by atoms with Crippen molar-refractivity contribution >= 4 is 11.8 Å². The molecule has 1 aromatic carbocycles. The van der Waals surface area contributed by atoms with Crippen LogP contribution in [0.4, 0.5) is 0 Å². The minimum Gasteiger partial charge on any atom is -0.352 e. The van der Waals surface area contributed by atoms with Gasteiger partial charge in [-0.25, -0.2) is 0 Å². The predicted molar refractivity (Wildman–Crippen MR) is 118 cm³/mol. The van der Waals surface area contributed by atoms with E-state index in [0.717, 1.165) is 37.8 Å². The molecule has 3 rings (SSSR count). The zero-order valence-corrected chi connectivity index (χ0v) is 17.9. The molecule has 1 aromatic rings. The van der Waals surface area contributed by atoms with Gasteiger partial charge in [0.05, 0.1) is 0 Å².